The van der Waals surface area contributed by atoms with E-state index in [1.165, 1.54) is 6.07 Å². The number of hydrogen-bond donors (Lipinski definition) is 0. The van der Waals surface area contributed by atoms with Crippen molar-refractivity contribution in [3.05, 3.63) is 28.8 Å². The minimum atomic E-state index is -0.455. The molecule has 1 aliphatic carbocycles. The van der Waals surface area contributed by atoms with Crippen LogP contribution in [0.15, 0.2) is 12.1 Å². The van der Waals surface area contributed by atoms with Crippen molar-refractivity contribution in [2.45, 2.75) is 44.2 Å². The van der Waals surface area contributed by atoms with Crippen LogP contribution in [0.4, 0.5) is 4.39 Å². The fourth-order valence-electron chi connectivity index (χ4n) is 2.89. The molecule has 0 amide bonds. The molecule has 0 radical (unpaired) electrons. The highest BCUT2D eigenvalue weighted by Crippen LogP contribution is 2.40. The standard InChI is InChI=1S/C15H17Cl2FN2O/c1-3-21-10-4-9(5-10)20-14-6-11(17)12(18)7-13(14)19-15(20)8(2)16/h6-10H,3-5H2,1-2H3. The van der Waals surface area contributed by atoms with Crippen molar-refractivity contribution < 1.29 is 9.13 Å². The van der Waals surface area contributed by atoms with E-state index in [1.807, 2.05) is 13.8 Å². The van der Waals surface area contributed by atoms with Gasteiger partial charge in [0.15, 0.2) is 0 Å². The number of imidazole rings is 1. The van der Waals surface area contributed by atoms with E-state index in [0.717, 1.165) is 30.8 Å². The van der Waals surface area contributed by atoms with E-state index in [2.05, 4.69) is 9.55 Å². The monoisotopic (exact) mass is 330 g/mol. The molecule has 1 atom stereocenters. The second-order valence-electron chi connectivity index (χ2n) is 5.41. The molecule has 114 valence electrons. The number of halogens is 3. The van der Waals surface area contributed by atoms with Gasteiger partial charge < -0.3 is 9.30 Å². The van der Waals surface area contributed by atoms with Crippen molar-refractivity contribution >= 4 is 34.2 Å². The minimum absolute atomic E-state index is 0.109. The smallest absolute Gasteiger partial charge is 0.144 e. The van der Waals surface area contributed by atoms with Crippen molar-refractivity contribution in [1.29, 1.82) is 0 Å². The summed E-state index contributed by atoms with van der Waals surface area (Å²) >= 11 is 12.2. The molecular weight excluding hydrogens is 314 g/mol. The maximum Gasteiger partial charge on any atom is 0.144 e. The number of nitrogens with zero attached hydrogens (tertiary/aromatic N) is 2. The van der Waals surface area contributed by atoms with Crippen LogP contribution in [0.3, 0.4) is 0 Å². The van der Waals surface area contributed by atoms with Crippen molar-refractivity contribution in [3.8, 4) is 0 Å². The number of alkyl halides is 1. The number of ether oxygens (including phenoxy) is 1. The Morgan fingerprint density at radius 1 is 1.48 bits per heavy atom. The fourth-order valence-corrected chi connectivity index (χ4v) is 3.21. The predicted octanol–water partition coefficient (Wildman–Crippen LogP) is 4.87. The minimum Gasteiger partial charge on any atom is -0.378 e. The largest absolute Gasteiger partial charge is 0.378 e. The van der Waals surface area contributed by atoms with Gasteiger partial charge in [-0.15, -0.1) is 11.6 Å². The average molecular weight is 331 g/mol. The first kappa shape index (κ1) is 15.1. The van der Waals surface area contributed by atoms with Gasteiger partial charge in [0.2, 0.25) is 0 Å². The topological polar surface area (TPSA) is 27.1 Å². The first-order valence-corrected chi connectivity index (χ1v) is 7.95. The molecule has 3 rings (SSSR count). The maximum atomic E-state index is 13.6. The maximum absolute atomic E-state index is 13.6. The van der Waals surface area contributed by atoms with Crippen molar-refractivity contribution in [1.82, 2.24) is 9.55 Å². The van der Waals surface area contributed by atoms with Gasteiger partial charge in [-0.2, -0.15) is 0 Å². The molecule has 1 unspecified atom stereocenters. The van der Waals surface area contributed by atoms with E-state index in [4.69, 9.17) is 27.9 Å². The van der Waals surface area contributed by atoms with Crippen LogP contribution in [0.25, 0.3) is 11.0 Å². The summed E-state index contributed by atoms with van der Waals surface area (Å²) in [7, 11) is 0. The highest BCUT2D eigenvalue weighted by atomic mass is 35.5. The average Bonchev–Trinajstić information content (AvgIpc) is 2.72. The molecule has 1 fully saturated rings. The Balaban J connectivity index is 2.03. The summed E-state index contributed by atoms with van der Waals surface area (Å²) in [5.41, 5.74) is 1.43. The van der Waals surface area contributed by atoms with Crippen LogP contribution >= 0.6 is 23.2 Å². The molecule has 1 aromatic carbocycles. The van der Waals surface area contributed by atoms with Crippen LogP contribution in [0.2, 0.25) is 5.02 Å². The van der Waals surface area contributed by atoms with Crippen LogP contribution in [0, 0.1) is 5.82 Å². The van der Waals surface area contributed by atoms with Gasteiger partial charge in [0.1, 0.15) is 11.6 Å². The Morgan fingerprint density at radius 3 is 2.81 bits per heavy atom. The van der Waals surface area contributed by atoms with Crippen molar-refractivity contribution in [2.75, 3.05) is 6.61 Å². The Bertz CT molecular complexity index is 665. The zero-order valence-corrected chi connectivity index (χ0v) is 13.5. The van der Waals surface area contributed by atoms with Crippen molar-refractivity contribution in [2.24, 2.45) is 0 Å². The summed E-state index contributed by atoms with van der Waals surface area (Å²) < 4.78 is 21.3. The van der Waals surface area contributed by atoms with Gasteiger partial charge in [-0.05, 0) is 32.8 Å². The molecule has 6 heteroatoms. The third-order valence-corrected chi connectivity index (χ3v) is 4.44. The first-order valence-electron chi connectivity index (χ1n) is 7.13. The Labute approximate surface area is 133 Å². The number of hydrogen-bond acceptors (Lipinski definition) is 2. The lowest BCUT2D eigenvalue weighted by molar-refractivity contribution is -0.0193. The molecule has 21 heavy (non-hydrogen) atoms. The molecule has 0 saturated heterocycles. The van der Waals surface area contributed by atoms with E-state index in [9.17, 15) is 4.39 Å². The Kier molecular flexibility index (Phi) is 4.12. The fraction of sp³-hybridized carbons (Fsp3) is 0.533. The molecular formula is C15H17Cl2FN2O. The van der Waals surface area contributed by atoms with Gasteiger partial charge >= 0.3 is 0 Å². The Hall–Kier alpha value is -0.840. The van der Waals surface area contributed by atoms with Gasteiger partial charge in [-0.1, -0.05) is 11.6 Å². The molecule has 1 aromatic heterocycles. The molecule has 1 heterocycles. The zero-order valence-electron chi connectivity index (χ0n) is 11.9. The number of aromatic nitrogens is 2. The quantitative estimate of drug-likeness (QED) is 0.748. The number of fused-ring (bicyclic) bond motifs is 1. The molecule has 2 aromatic rings. The SMILES string of the molecule is CCOC1CC(n2c(C(C)Cl)nc3cc(F)c(Cl)cc32)C1. The van der Waals surface area contributed by atoms with Gasteiger partial charge in [-0.3, -0.25) is 0 Å². The van der Waals surface area contributed by atoms with E-state index >= 15 is 0 Å². The second-order valence-corrected chi connectivity index (χ2v) is 6.48. The number of benzene rings is 1. The Morgan fingerprint density at radius 2 is 2.19 bits per heavy atom. The lowest BCUT2D eigenvalue weighted by Gasteiger charge is -2.37. The highest BCUT2D eigenvalue weighted by Gasteiger charge is 2.34. The lowest BCUT2D eigenvalue weighted by Crippen LogP contribution is -2.34. The summed E-state index contributed by atoms with van der Waals surface area (Å²) in [5.74, 6) is 0.302. The van der Waals surface area contributed by atoms with Crippen LogP contribution in [-0.2, 0) is 4.74 Å². The molecule has 3 nitrogen and oxygen atoms in total. The van der Waals surface area contributed by atoms with Crippen LogP contribution in [0.5, 0.6) is 0 Å². The molecule has 0 spiro atoms. The third-order valence-electron chi connectivity index (χ3n) is 3.95. The van der Waals surface area contributed by atoms with E-state index in [1.54, 1.807) is 6.07 Å². The summed E-state index contributed by atoms with van der Waals surface area (Å²) in [6.45, 7) is 4.59. The van der Waals surface area contributed by atoms with Crippen LogP contribution in [0.1, 0.15) is 43.9 Å². The third kappa shape index (κ3) is 2.65. The summed E-state index contributed by atoms with van der Waals surface area (Å²) in [6.07, 6.45) is 2.13. The summed E-state index contributed by atoms with van der Waals surface area (Å²) in [6, 6.07) is 3.29. The molecule has 0 aliphatic heterocycles. The predicted molar refractivity (Wildman–Crippen MR) is 82.7 cm³/mol. The van der Waals surface area contributed by atoms with Gasteiger partial charge in [0, 0.05) is 18.7 Å². The normalized spacial score (nSPS) is 23.3. The zero-order chi connectivity index (χ0) is 15.1. The molecule has 1 aliphatic rings. The lowest BCUT2D eigenvalue weighted by atomic mass is 9.88. The van der Waals surface area contributed by atoms with E-state index in [0.29, 0.717) is 5.52 Å². The van der Waals surface area contributed by atoms with Crippen LogP contribution in [-0.4, -0.2) is 22.3 Å². The summed E-state index contributed by atoms with van der Waals surface area (Å²) in [4.78, 5) is 4.48. The first-order chi connectivity index (χ1) is 10.0. The van der Waals surface area contributed by atoms with E-state index < -0.39 is 5.82 Å². The molecule has 0 bridgehead atoms. The van der Waals surface area contributed by atoms with Gasteiger partial charge in [0.25, 0.3) is 0 Å². The van der Waals surface area contributed by atoms with E-state index in [-0.39, 0.29) is 22.5 Å². The van der Waals surface area contributed by atoms with Gasteiger partial charge in [0.05, 0.1) is 27.5 Å². The van der Waals surface area contributed by atoms with Crippen molar-refractivity contribution in [3.63, 3.8) is 0 Å². The number of rotatable bonds is 4. The molecule has 0 N–H and O–H groups in total. The highest BCUT2D eigenvalue weighted by molar-refractivity contribution is 6.31. The van der Waals surface area contributed by atoms with Gasteiger partial charge in [-0.25, -0.2) is 9.37 Å². The summed E-state index contributed by atoms with van der Waals surface area (Å²) in [5, 5.41) is -0.136. The van der Waals surface area contributed by atoms with Crippen LogP contribution < -0.4 is 0 Å². The molecule has 1 saturated carbocycles. The second kappa shape index (κ2) is 5.75.